The van der Waals surface area contributed by atoms with Gasteiger partial charge in [0.25, 0.3) is 0 Å². The minimum atomic E-state index is -0.879. The van der Waals surface area contributed by atoms with Crippen molar-refractivity contribution in [1.82, 2.24) is 9.88 Å². The first-order valence-corrected chi connectivity index (χ1v) is 11.8. The van der Waals surface area contributed by atoms with Crippen molar-refractivity contribution in [2.24, 2.45) is 5.92 Å². The van der Waals surface area contributed by atoms with E-state index in [9.17, 15) is 14.7 Å². The van der Waals surface area contributed by atoms with Crippen molar-refractivity contribution in [2.45, 2.75) is 32.6 Å². The quantitative estimate of drug-likeness (QED) is 0.466. The zero-order chi connectivity index (χ0) is 24.8. The maximum atomic E-state index is 12.2. The van der Waals surface area contributed by atoms with E-state index in [4.69, 9.17) is 13.9 Å². The second-order valence-corrected chi connectivity index (χ2v) is 8.63. The van der Waals surface area contributed by atoms with E-state index in [0.29, 0.717) is 37.8 Å². The molecule has 0 radical (unpaired) electrons. The van der Waals surface area contributed by atoms with Gasteiger partial charge in [-0.2, -0.15) is 0 Å². The molecule has 8 nitrogen and oxygen atoms in total. The molecular weight excluding hydrogens is 448 g/mol. The summed E-state index contributed by atoms with van der Waals surface area (Å²) in [5.74, 6) is 0.873. The summed E-state index contributed by atoms with van der Waals surface area (Å²) in [7, 11) is 0. The minimum absolute atomic E-state index is 0.0131. The Morgan fingerprint density at radius 3 is 2.69 bits per heavy atom. The summed E-state index contributed by atoms with van der Waals surface area (Å²) in [5.41, 5.74) is 2.73. The number of carboxylic acid groups (broad SMARTS) is 1. The maximum Gasteiger partial charge on any atom is 0.409 e. The second-order valence-electron chi connectivity index (χ2n) is 8.63. The van der Waals surface area contributed by atoms with Crippen molar-refractivity contribution in [3.05, 3.63) is 71.6 Å². The van der Waals surface area contributed by atoms with Gasteiger partial charge >= 0.3 is 12.1 Å². The fraction of sp³-hybridized carbons (Fsp3) is 0.370. The maximum absolute atomic E-state index is 12.2. The Bertz CT molecular complexity index is 1160. The van der Waals surface area contributed by atoms with Crippen molar-refractivity contribution in [3.8, 4) is 17.2 Å². The predicted octanol–water partition coefficient (Wildman–Crippen LogP) is 4.92. The highest BCUT2D eigenvalue weighted by Gasteiger charge is 2.38. The van der Waals surface area contributed by atoms with Crippen LogP contribution in [0.25, 0.3) is 11.5 Å². The summed E-state index contributed by atoms with van der Waals surface area (Å²) in [5, 5.41) is 9.37. The summed E-state index contributed by atoms with van der Waals surface area (Å²) in [6, 6.07) is 17.4. The van der Waals surface area contributed by atoms with Crippen molar-refractivity contribution < 1.29 is 28.6 Å². The lowest BCUT2D eigenvalue weighted by Crippen LogP contribution is -2.29. The van der Waals surface area contributed by atoms with Gasteiger partial charge in [0, 0.05) is 31.0 Å². The van der Waals surface area contributed by atoms with Crippen molar-refractivity contribution in [1.29, 1.82) is 0 Å². The molecule has 4 rings (SSSR count). The van der Waals surface area contributed by atoms with Gasteiger partial charge in [0.05, 0.1) is 25.3 Å². The van der Waals surface area contributed by atoms with Gasteiger partial charge < -0.3 is 23.9 Å². The van der Waals surface area contributed by atoms with Gasteiger partial charge in [0.2, 0.25) is 5.89 Å². The van der Waals surface area contributed by atoms with E-state index in [1.54, 1.807) is 11.8 Å². The molecule has 0 aliphatic carbocycles. The fourth-order valence-electron chi connectivity index (χ4n) is 4.51. The molecule has 1 saturated heterocycles. The fourth-order valence-corrected chi connectivity index (χ4v) is 4.51. The summed E-state index contributed by atoms with van der Waals surface area (Å²) < 4.78 is 17.0. The molecule has 3 aromatic rings. The second kappa shape index (κ2) is 11.1. The number of aliphatic carboxylic acids is 1. The van der Waals surface area contributed by atoms with E-state index in [1.807, 2.05) is 61.5 Å². The number of carboxylic acids is 1. The Hall–Kier alpha value is -3.81. The third-order valence-corrected chi connectivity index (χ3v) is 6.21. The zero-order valence-corrected chi connectivity index (χ0v) is 20.0. The summed E-state index contributed by atoms with van der Waals surface area (Å²) >= 11 is 0. The normalized spacial score (nSPS) is 17.4. The monoisotopic (exact) mass is 478 g/mol. The van der Waals surface area contributed by atoms with Crippen LogP contribution in [-0.2, 0) is 16.0 Å². The molecular formula is C27H30N2O6. The largest absolute Gasteiger partial charge is 0.493 e. The van der Waals surface area contributed by atoms with Crippen LogP contribution in [0.2, 0.25) is 0 Å². The number of likely N-dealkylation sites (tertiary alicyclic amines) is 1. The molecule has 0 bridgehead atoms. The van der Waals surface area contributed by atoms with Crippen LogP contribution in [-0.4, -0.2) is 53.4 Å². The molecule has 1 fully saturated rings. The van der Waals surface area contributed by atoms with Gasteiger partial charge in [-0.05, 0) is 49.6 Å². The Balaban J connectivity index is 1.41. The lowest BCUT2D eigenvalue weighted by molar-refractivity contribution is -0.138. The van der Waals surface area contributed by atoms with Gasteiger partial charge in [-0.3, -0.25) is 4.79 Å². The van der Waals surface area contributed by atoms with Crippen LogP contribution < -0.4 is 4.74 Å². The van der Waals surface area contributed by atoms with E-state index in [-0.39, 0.29) is 24.9 Å². The molecule has 184 valence electrons. The minimum Gasteiger partial charge on any atom is -0.493 e. The number of nitrogens with zero attached hydrogens (tertiary/aromatic N) is 2. The smallest absolute Gasteiger partial charge is 0.409 e. The van der Waals surface area contributed by atoms with Gasteiger partial charge in [-0.1, -0.05) is 30.3 Å². The van der Waals surface area contributed by atoms with Crippen LogP contribution in [0.15, 0.2) is 59.0 Å². The molecule has 8 heteroatoms. The highest BCUT2D eigenvalue weighted by atomic mass is 16.6. The van der Waals surface area contributed by atoms with Crippen LogP contribution in [0.5, 0.6) is 5.75 Å². The lowest BCUT2D eigenvalue weighted by Gasteiger charge is -2.18. The third-order valence-electron chi connectivity index (χ3n) is 6.21. The topological polar surface area (TPSA) is 102 Å². The Labute approximate surface area is 204 Å². The van der Waals surface area contributed by atoms with Crippen LogP contribution in [0.1, 0.15) is 36.3 Å². The average molecular weight is 479 g/mol. The van der Waals surface area contributed by atoms with Gasteiger partial charge in [0.15, 0.2) is 0 Å². The molecule has 1 amide bonds. The van der Waals surface area contributed by atoms with Crippen molar-refractivity contribution in [2.75, 3.05) is 26.3 Å². The molecule has 0 saturated carbocycles. The van der Waals surface area contributed by atoms with Crippen molar-refractivity contribution >= 4 is 12.1 Å². The zero-order valence-electron chi connectivity index (χ0n) is 20.0. The summed E-state index contributed by atoms with van der Waals surface area (Å²) in [4.78, 5) is 29.9. The van der Waals surface area contributed by atoms with E-state index in [2.05, 4.69) is 4.98 Å². The average Bonchev–Trinajstić information content (AvgIpc) is 3.43. The number of amides is 1. The number of oxazole rings is 1. The first kappa shape index (κ1) is 24.3. The van der Waals surface area contributed by atoms with E-state index in [1.165, 1.54) is 0 Å². The highest BCUT2D eigenvalue weighted by molar-refractivity contribution is 5.70. The Morgan fingerprint density at radius 2 is 1.94 bits per heavy atom. The van der Waals surface area contributed by atoms with Crippen molar-refractivity contribution in [3.63, 3.8) is 0 Å². The van der Waals surface area contributed by atoms with Gasteiger partial charge in [0.1, 0.15) is 11.5 Å². The molecule has 35 heavy (non-hydrogen) atoms. The number of hydrogen-bond donors (Lipinski definition) is 1. The summed E-state index contributed by atoms with van der Waals surface area (Å²) in [6.07, 6.45) is 0.172. The van der Waals surface area contributed by atoms with Crippen LogP contribution in [0, 0.1) is 12.8 Å². The standard InChI is InChI=1S/C27H30N2O6/c1-3-33-27(32)29-16-21(15-25(30)31)23(17-29)20-10-7-11-22(14-20)34-13-12-24-18(2)35-26(28-24)19-8-5-4-6-9-19/h4-11,14,21,23H,3,12-13,15-17H2,1-2H3,(H,30,31)/t21-,23+/m0/s1. The predicted molar refractivity (Wildman–Crippen MR) is 129 cm³/mol. The van der Waals surface area contributed by atoms with E-state index in [0.717, 1.165) is 22.6 Å². The molecule has 1 aliphatic rings. The molecule has 0 unspecified atom stereocenters. The summed E-state index contributed by atoms with van der Waals surface area (Å²) in [6.45, 7) is 5.13. The lowest BCUT2D eigenvalue weighted by atomic mass is 9.87. The number of hydrogen-bond acceptors (Lipinski definition) is 6. The van der Waals surface area contributed by atoms with Crippen LogP contribution in [0.3, 0.4) is 0 Å². The Kier molecular flexibility index (Phi) is 7.70. The first-order valence-electron chi connectivity index (χ1n) is 11.8. The number of carbonyl (C=O) groups is 2. The molecule has 1 aromatic heterocycles. The van der Waals surface area contributed by atoms with E-state index >= 15 is 0 Å². The van der Waals surface area contributed by atoms with Gasteiger partial charge in [-0.25, -0.2) is 9.78 Å². The molecule has 2 heterocycles. The Morgan fingerprint density at radius 1 is 1.14 bits per heavy atom. The number of benzene rings is 2. The molecule has 0 spiro atoms. The number of rotatable bonds is 9. The number of aromatic nitrogens is 1. The molecule has 1 aliphatic heterocycles. The molecule has 2 atom stereocenters. The third kappa shape index (κ3) is 6.01. The SMILES string of the molecule is CCOC(=O)N1C[C@H](CC(=O)O)[C@@H](c2cccc(OCCc3nc(-c4ccccc4)oc3C)c2)C1. The van der Waals surface area contributed by atoms with Gasteiger partial charge in [-0.15, -0.1) is 0 Å². The van der Waals surface area contributed by atoms with Crippen LogP contribution in [0.4, 0.5) is 4.79 Å². The number of carbonyl (C=O) groups excluding carboxylic acids is 1. The first-order chi connectivity index (χ1) is 16.9. The number of ether oxygens (including phenoxy) is 2. The van der Waals surface area contributed by atoms with E-state index < -0.39 is 12.1 Å². The highest BCUT2D eigenvalue weighted by Crippen LogP contribution is 2.36. The molecule has 2 aromatic carbocycles. The molecule has 1 N–H and O–H groups in total. The number of aryl methyl sites for hydroxylation is 1. The van der Waals surface area contributed by atoms with Crippen LogP contribution >= 0.6 is 0 Å².